The average Bonchev–Trinajstić information content (AvgIpc) is 3.05. The van der Waals surface area contributed by atoms with Crippen molar-refractivity contribution in [1.82, 2.24) is 14.8 Å². The van der Waals surface area contributed by atoms with E-state index in [2.05, 4.69) is 10.1 Å². The Labute approximate surface area is 166 Å². The molecule has 2 heterocycles. The van der Waals surface area contributed by atoms with Gasteiger partial charge in [0.05, 0.1) is 18.1 Å². The molecule has 1 amide bonds. The molecule has 0 aliphatic carbocycles. The third kappa shape index (κ3) is 5.25. The maximum atomic E-state index is 12.7. The summed E-state index contributed by atoms with van der Waals surface area (Å²) in [6, 6.07) is 3.64. The van der Waals surface area contributed by atoms with E-state index < -0.39 is 0 Å². The number of rotatable bonds is 8. The Kier molecular flexibility index (Phi) is 7.99. The van der Waals surface area contributed by atoms with E-state index in [1.54, 1.807) is 52.3 Å². The predicted molar refractivity (Wildman–Crippen MR) is 109 cm³/mol. The molecule has 0 aliphatic heterocycles. The molecule has 9 heteroatoms. The highest BCUT2D eigenvalue weighted by atomic mass is 35.5. The first-order chi connectivity index (χ1) is 12.5. The highest BCUT2D eigenvalue weighted by molar-refractivity contribution is 8.13. The summed E-state index contributed by atoms with van der Waals surface area (Å²) in [5.74, 6) is 0.322. The maximum Gasteiger partial charge on any atom is 0.227 e. The summed E-state index contributed by atoms with van der Waals surface area (Å²) in [5, 5.41) is 4.54. The molecular formula is C17H21ClN4O2S2. The van der Waals surface area contributed by atoms with Crippen LogP contribution in [0.15, 0.2) is 30.7 Å². The van der Waals surface area contributed by atoms with Gasteiger partial charge in [-0.1, -0.05) is 30.3 Å². The van der Waals surface area contributed by atoms with Gasteiger partial charge in [-0.3, -0.25) is 14.6 Å². The molecule has 0 saturated carbocycles. The van der Waals surface area contributed by atoms with E-state index in [0.717, 1.165) is 17.4 Å². The summed E-state index contributed by atoms with van der Waals surface area (Å²) >= 11 is 9.08. The molecule has 2 aromatic rings. The lowest BCUT2D eigenvalue weighted by atomic mass is 10.2. The van der Waals surface area contributed by atoms with Crippen molar-refractivity contribution in [3.63, 3.8) is 0 Å². The molecule has 0 aliphatic rings. The molecule has 1 atom stereocenters. The largest absolute Gasteiger partial charge is 0.307 e. The number of amides is 1. The number of hydrogen-bond donors (Lipinski definition) is 0. The van der Waals surface area contributed by atoms with Gasteiger partial charge in [0.1, 0.15) is 5.69 Å². The standard InChI is InChI=1S/C17H21ClN4O2S2/c1-12(17(24)26-3)10-21(15(23)6-8-25-2)14-11-22(20-16(14)18)13-5-4-7-19-9-13/h4-5,7,9,11-12H,6,8,10H2,1-3H3. The second kappa shape index (κ2) is 9.99. The van der Waals surface area contributed by atoms with Crippen LogP contribution in [0.4, 0.5) is 5.69 Å². The van der Waals surface area contributed by atoms with Crippen molar-refractivity contribution in [2.75, 3.05) is 29.7 Å². The van der Waals surface area contributed by atoms with Crippen LogP contribution in [0, 0.1) is 5.92 Å². The molecule has 0 radical (unpaired) electrons. The van der Waals surface area contributed by atoms with Gasteiger partial charge in [0, 0.05) is 30.8 Å². The van der Waals surface area contributed by atoms with E-state index in [1.807, 2.05) is 19.2 Å². The Morgan fingerprint density at radius 3 is 2.77 bits per heavy atom. The summed E-state index contributed by atoms with van der Waals surface area (Å²) in [6.45, 7) is 2.08. The number of anilines is 1. The Bertz CT molecular complexity index is 754. The molecule has 0 spiro atoms. The number of nitrogens with zero attached hydrogens (tertiary/aromatic N) is 4. The Hall–Kier alpha value is -1.51. The molecule has 6 nitrogen and oxygen atoms in total. The lowest BCUT2D eigenvalue weighted by Crippen LogP contribution is -2.36. The molecule has 0 bridgehead atoms. The fourth-order valence-corrected chi connectivity index (χ4v) is 3.44. The minimum atomic E-state index is -0.305. The third-order valence-electron chi connectivity index (χ3n) is 3.73. The van der Waals surface area contributed by atoms with Gasteiger partial charge in [0.2, 0.25) is 5.91 Å². The second-order valence-corrected chi connectivity index (χ2v) is 7.79. The molecule has 0 saturated heterocycles. The fraction of sp³-hybridized carbons (Fsp3) is 0.412. The first kappa shape index (κ1) is 20.8. The van der Waals surface area contributed by atoms with Crippen molar-refractivity contribution in [2.24, 2.45) is 5.92 Å². The smallest absolute Gasteiger partial charge is 0.227 e. The minimum Gasteiger partial charge on any atom is -0.307 e. The van der Waals surface area contributed by atoms with Crippen molar-refractivity contribution < 1.29 is 9.59 Å². The van der Waals surface area contributed by atoms with E-state index >= 15 is 0 Å². The molecule has 26 heavy (non-hydrogen) atoms. The quantitative estimate of drug-likeness (QED) is 0.660. The summed E-state index contributed by atoms with van der Waals surface area (Å²) < 4.78 is 1.58. The number of carbonyl (C=O) groups excluding carboxylic acids is 2. The van der Waals surface area contributed by atoms with Crippen molar-refractivity contribution in [3.8, 4) is 5.69 Å². The van der Waals surface area contributed by atoms with Crippen LogP contribution in [-0.4, -0.2) is 50.6 Å². The lowest BCUT2D eigenvalue weighted by molar-refractivity contribution is -0.118. The Morgan fingerprint density at radius 1 is 1.38 bits per heavy atom. The summed E-state index contributed by atoms with van der Waals surface area (Å²) in [4.78, 5) is 30.4. The highest BCUT2D eigenvalue weighted by Gasteiger charge is 2.25. The average molecular weight is 413 g/mol. The summed E-state index contributed by atoms with van der Waals surface area (Å²) in [7, 11) is 0. The van der Waals surface area contributed by atoms with Gasteiger partial charge in [-0.05, 0) is 24.6 Å². The lowest BCUT2D eigenvalue weighted by Gasteiger charge is -2.24. The predicted octanol–water partition coefficient (Wildman–Crippen LogP) is 3.53. The maximum absolute atomic E-state index is 12.7. The molecule has 0 N–H and O–H groups in total. The van der Waals surface area contributed by atoms with Crippen molar-refractivity contribution >= 4 is 51.8 Å². The summed E-state index contributed by atoms with van der Waals surface area (Å²) in [6.07, 6.45) is 9.09. The van der Waals surface area contributed by atoms with E-state index in [9.17, 15) is 9.59 Å². The third-order valence-corrected chi connectivity index (χ3v) is 5.42. The van der Waals surface area contributed by atoms with Gasteiger partial charge < -0.3 is 4.90 Å². The van der Waals surface area contributed by atoms with Crippen LogP contribution in [0.2, 0.25) is 5.15 Å². The van der Waals surface area contributed by atoms with Gasteiger partial charge in [-0.25, -0.2) is 4.68 Å². The van der Waals surface area contributed by atoms with Gasteiger partial charge in [-0.2, -0.15) is 16.9 Å². The zero-order chi connectivity index (χ0) is 19.1. The Morgan fingerprint density at radius 2 is 2.15 bits per heavy atom. The molecule has 2 aromatic heterocycles. The normalized spacial score (nSPS) is 12.0. The second-order valence-electron chi connectivity index (χ2n) is 5.63. The van der Waals surface area contributed by atoms with Gasteiger partial charge >= 0.3 is 0 Å². The van der Waals surface area contributed by atoms with Gasteiger partial charge in [0.15, 0.2) is 10.3 Å². The van der Waals surface area contributed by atoms with E-state index in [1.165, 1.54) is 0 Å². The van der Waals surface area contributed by atoms with E-state index in [0.29, 0.717) is 17.9 Å². The summed E-state index contributed by atoms with van der Waals surface area (Å²) in [5.41, 5.74) is 1.24. The molecule has 2 rings (SSSR count). The number of pyridine rings is 1. The number of halogens is 1. The van der Waals surface area contributed by atoms with Crippen LogP contribution in [0.25, 0.3) is 5.69 Å². The SMILES string of the molecule is CSCCC(=O)N(CC(C)C(=O)SC)c1cn(-c2cccnc2)nc1Cl. The number of aromatic nitrogens is 3. The van der Waals surface area contributed by atoms with Crippen LogP contribution >= 0.6 is 35.1 Å². The van der Waals surface area contributed by atoms with Crippen molar-refractivity contribution in [2.45, 2.75) is 13.3 Å². The van der Waals surface area contributed by atoms with Crippen LogP contribution in [-0.2, 0) is 9.59 Å². The van der Waals surface area contributed by atoms with Gasteiger partial charge in [0.25, 0.3) is 0 Å². The number of carbonyl (C=O) groups is 2. The van der Waals surface area contributed by atoms with Crippen LogP contribution in [0.1, 0.15) is 13.3 Å². The van der Waals surface area contributed by atoms with E-state index in [4.69, 9.17) is 11.6 Å². The highest BCUT2D eigenvalue weighted by Crippen LogP contribution is 2.28. The zero-order valence-electron chi connectivity index (χ0n) is 14.9. The van der Waals surface area contributed by atoms with Crippen LogP contribution in [0.5, 0.6) is 0 Å². The topological polar surface area (TPSA) is 68.1 Å². The Balaban J connectivity index is 2.33. The number of thioether (sulfide) groups is 2. The molecule has 0 aromatic carbocycles. The fourth-order valence-electron chi connectivity index (χ4n) is 2.35. The monoisotopic (exact) mass is 412 g/mol. The van der Waals surface area contributed by atoms with Gasteiger partial charge in [-0.15, -0.1) is 0 Å². The number of hydrogen-bond acceptors (Lipinski definition) is 6. The zero-order valence-corrected chi connectivity index (χ0v) is 17.3. The van der Waals surface area contributed by atoms with E-state index in [-0.39, 0.29) is 28.6 Å². The molecule has 140 valence electrons. The minimum absolute atomic E-state index is 0.0310. The first-order valence-electron chi connectivity index (χ1n) is 8.00. The van der Waals surface area contributed by atoms with Crippen LogP contribution in [0.3, 0.4) is 0 Å². The molecular weight excluding hydrogens is 392 g/mol. The molecule has 1 unspecified atom stereocenters. The van der Waals surface area contributed by atoms with Crippen molar-refractivity contribution in [1.29, 1.82) is 0 Å². The van der Waals surface area contributed by atoms with Crippen molar-refractivity contribution in [3.05, 3.63) is 35.9 Å². The first-order valence-corrected chi connectivity index (χ1v) is 11.0. The van der Waals surface area contributed by atoms with Crippen LogP contribution < -0.4 is 4.90 Å². The molecule has 0 fully saturated rings.